The zero-order valence-electron chi connectivity index (χ0n) is 14.4. The van der Waals surface area contributed by atoms with Crippen LogP contribution in [0.2, 0.25) is 0 Å². The van der Waals surface area contributed by atoms with E-state index in [4.69, 9.17) is 4.74 Å². The monoisotopic (exact) mass is 369 g/mol. The summed E-state index contributed by atoms with van der Waals surface area (Å²) in [5.41, 5.74) is 1.06. The molecule has 2 unspecified atom stereocenters. The minimum atomic E-state index is -3.40. The van der Waals surface area contributed by atoms with Crippen molar-refractivity contribution in [3.05, 3.63) is 35.9 Å². The Morgan fingerprint density at radius 3 is 2.64 bits per heavy atom. The standard InChI is InChI=1S/C18H27NO5S/c20-18(21)17-10-5-4-9-16(17)13-19-25(22,23)12-6-11-24-14-15-7-2-1-3-8-15/h1-3,7-8,16-17,19H,4-6,9-14H2,(H,20,21). The third kappa shape index (κ3) is 7.13. The number of hydrogen-bond donors (Lipinski definition) is 2. The molecule has 2 N–H and O–H groups in total. The van der Waals surface area contributed by atoms with Gasteiger partial charge < -0.3 is 9.84 Å². The van der Waals surface area contributed by atoms with Crippen molar-refractivity contribution in [3.8, 4) is 0 Å². The summed E-state index contributed by atoms with van der Waals surface area (Å²) >= 11 is 0. The lowest BCUT2D eigenvalue weighted by Gasteiger charge is -2.28. The molecule has 1 fully saturated rings. The van der Waals surface area contributed by atoms with Gasteiger partial charge in [-0.3, -0.25) is 4.79 Å². The van der Waals surface area contributed by atoms with Crippen molar-refractivity contribution in [1.82, 2.24) is 4.72 Å². The fraction of sp³-hybridized carbons (Fsp3) is 0.611. The van der Waals surface area contributed by atoms with Crippen molar-refractivity contribution in [2.24, 2.45) is 11.8 Å². The van der Waals surface area contributed by atoms with Gasteiger partial charge in [0.25, 0.3) is 0 Å². The van der Waals surface area contributed by atoms with Crippen LogP contribution in [0.25, 0.3) is 0 Å². The van der Waals surface area contributed by atoms with Crippen LogP contribution in [-0.2, 0) is 26.2 Å². The van der Waals surface area contributed by atoms with Crippen LogP contribution in [0.15, 0.2) is 30.3 Å². The van der Waals surface area contributed by atoms with Gasteiger partial charge in [0.05, 0.1) is 18.3 Å². The molecule has 1 aromatic carbocycles. The van der Waals surface area contributed by atoms with Crippen molar-refractivity contribution in [2.75, 3.05) is 18.9 Å². The van der Waals surface area contributed by atoms with E-state index in [9.17, 15) is 18.3 Å². The number of carbonyl (C=O) groups is 1. The molecule has 0 bridgehead atoms. The molecule has 25 heavy (non-hydrogen) atoms. The molecular formula is C18H27NO5S. The minimum absolute atomic E-state index is 0.00769. The first-order valence-electron chi connectivity index (χ1n) is 8.80. The first-order chi connectivity index (χ1) is 12.0. The van der Waals surface area contributed by atoms with Gasteiger partial charge in [0.1, 0.15) is 0 Å². The van der Waals surface area contributed by atoms with Crippen LogP contribution < -0.4 is 4.72 Å². The van der Waals surface area contributed by atoms with E-state index in [0.717, 1.165) is 24.8 Å². The normalized spacial score (nSPS) is 21.1. The quantitative estimate of drug-likeness (QED) is 0.618. The summed E-state index contributed by atoms with van der Waals surface area (Å²) in [7, 11) is -3.40. The predicted molar refractivity (Wildman–Crippen MR) is 95.6 cm³/mol. The number of hydrogen-bond acceptors (Lipinski definition) is 4. The zero-order chi connectivity index (χ0) is 18.1. The van der Waals surface area contributed by atoms with E-state index in [1.165, 1.54) is 0 Å². The molecule has 2 atom stereocenters. The van der Waals surface area contributed by atoms with Crippen molar-refractivity contribution in [1.29, 1.82) is 0 Å². The van der Waals surface area contributed by atoms with E-state index in [2.05, 4.69) is 4.72 Å². The average Bonchev–Trinajstić information content (AvgIpc) is 2.61. The molecule has 140 valence electrons. The van der Waals surface area contributed by atoms with Crippen LogP contribution in [0.1, 0.15) is 37.7 Å². The number of sulfonamides is 1. The number of benzene rings is 1. The molecule has 0 spiro atoms. The topological polar surface area (TPSA) is 92.7 Å². The summed E-state index contributed by atoms with van der Waals surface area (Å²) in [6, 6.07) is 9.72. The van der Waals surface area contributed by atoms with Crippen molar-refractivity contribution >= 4 is 16.0 Å². The Morgan fingerprint density at radius 1 is 1.20 bits per heavy atom. The number of carboxylic acids is 1. The van der Waals surface area contributed by atoms with Gasteiger partial charge in [-0.2, -0.15) is 0 Å². The molecule has 1 saturated carbocycles. The van der Waals surface area contributed by atoms with Crippen molar-refractivity contribution in [3.63, 3.8) is 0 Å². The molecular weight excluding hydrogens is 342 g/mol. The van der Waals surface area contributed by atoms with Crippen LogP contribution in [-0.4, -0.2) is 38.4 Å². The summed E-state index contributed by atoms with van der Waals surface area (Å²) in [5.74, 6) is -1.38. The van der Waals surface area contributed by atoms with Gasteiger partial charge in [-0.25, -0.2) is 13.1 Å². The van der Waals surface area contributed by atoms with Crippen LogP contribution in [0.5, 0.6) is 0 Å². The highest BCUT2D eigenvalue weighted by atomic mass is 32.2. The smallest absolute Gasteiger partial charge is 0.306 e. The number of ether oxygens (including phenoxy) is 1. The zero-order valence-corrected chi connectivity index (χ0v) is 15.2. The van der Waals surface area contributed by atoms with Crippen LogP contribution >= 0.6 is 0 Å². The molecule has 0 amide bonds. The third-order valence-electron chi connectivity index (χ3n) is 4.61. The SMILES string of the molecule is O=C(O)C1CCCCC1CNS(=O)(=O)CCCOCc1ccccc1. The Bertz CT molecular complexity index is 632. The van der Waals surface area contributed by atoms with E-state index < -0.39 is 21.9 Å². The summed E-state index contributed by atoms with van der Waals surface area (Å²) in [4.78, 5) is 11.3. The van der Waals surface area contributed by atoms with Gasteiger partial charge in [0, 0.05) is 13.2 Å². The molecule has 0 saturated heterocycles. The Labute approximate surface area is 149 Å². The van der Waals surface area contributed by atoms with E-state index in [1.807, 2.05) is 30.3 Å². The molecule has 1 aliphatic rings. The van der Waals surface area contributed by atoms with Crippen molar-refractivity contribution < 1.29 is 23.1 Å². The summed E-state index contributed by atoms with van der Waals surface area (Å²) < 4.78 is 32.2. The summed E-state index contributed by atoms with van der Waals surface area (Å²) in [5, 5.41) is 9.24. The average molecular weight is 369 g/mol. The Hall–Kier alpha value is -1.44. The van der Waals surface area contributed by atoms with Gasteiger partial charge in [0.15, 0.2) is 0 Å². The number of carboxylic acid groups (broad SMARTS) is 1. The highest BCUT2D eigenvalue weighted by Crippen LogP contribution is 2.29. The Morgan fingerprint density at radius 2 is 1.92 bits per heavy atom. The number of aliphatic carboxylic acids is 1. The second-order valence-corrected chi connectivity index (χ2v) is 8.47. The second kappa shape index (κ2) is 9.89. The largest absolute Gasteiger partial charge is 0.481 e. The van der Waals surface area contributed by atoms with E-state index in [1.54, 1.807) is 0 Å². The maximum atomic E-state index is 12.1. The maximum absolute atomic E-state index is 12.1. The van der Waals surface area contributed by atoms with E-state index in [0.29, 0.717) is 26.1 Å². The molecule has 2 rings (SSSR count). The highest BCUT2D eigenvalue weighted by molar-refractivity contribution is 7.89. The fourth-order valence-corrected chi connectivity index (χ4v) is 4.31. The molecule has 6 nitrogen and oxygen atoms in total. The third-order valence-corrected chi connectivity index (χ3v) is 6.04. The van der Waals surface area contributed by atoms with Gasteiger partial charge >= 0.3 is 5.97 Å². The van der Waals surface area contributed by atoms with Crippen LogP contribution in [0.3, 0.4) is 0 Å². The lowest BCUT2D eigenvalue weighted by molar-refractivity contribution is -0.144. The van der Waals surface area contributed by atoms with Gasteiger partial charge in [-0.05, 0) is 30.7 Å². The van der Waals surface area contributed by atoms with Crippen LogP contribution in [0.4, 0.5) is 0 Å². The van der Waals surface area contributed by atoms with Gasteiger partial charge in [-0.15, -0.1) is 0 Å². The summed E-state index contributed by atoms with van der Waals surface area (Å²) in [6.45, 7) is 1.05. The lowest BCUT2D eigenvalue weighted by atomic mass is 9.79. The van der Waals surface area contributed by atoms with E-state index >= 15 is 0 Å². The van der Waals surface area contributed by atoms with Crippen LogP contribution in [0, 0.1) is 11.8 Å². The first-order valence-corrected chi connectivity index (χ1v) is 10.4. The van der Waals surface area contributed by atoms with E-state index in [-0.39, 0.29) is 18.2 Å². The highest BCUT2D eigenvalue weighted by Gasteiger charge is 2.31. The fourth-order valence-electron chi connectivity index (χ4n) is 3.20. The van der Waals surface area contributed by atoms with Gasteiger partial charge in [0.2, 0.25) is 10.0 Å². The molecule has 1 aromatic rings. The molecule has 0 heterocycles. The molecule has 1 aliphatic carbocycles. The first kappa shape index (κ1) is 19.9. The predicted octanol–water partition coefficient (Wildman–Crippen LogP) is 2.40. The van der Waals surface area contributed by atoms with Crippen molar-refractivity contribution in [2.45, 2.75) is 38.7 Å². The molecule has 0 aromatic heterocycles. The maximum Gasteiger partial charge on any atom is 0.306 e. The number of rotatable bonds is 10. The Kier molecular flexibility index (Phi) is 7.87. The second-order valence-electron chi connectivity index (χ2n) is 6.55. The molecule has 0 radical (unpaired) electrons. The number of nitrogens with one attached hydrogen (secondary N) is 1. The van der Waals surface area contributed by atoms with Gasteiger partial charge in [-0.1, -0.05) is 43.2 Å². The lowest BCUT2D eigenvalue weighted by Crippen LogP contribution is -2.38. The summed E-state index contributed by atoms with van der Waals surface area (Å²) in [6.07, 6.45) is 3.67. The molecule has 0 aliphatic heterocycles. The minimum Gasteiger partial charge on any atom is -0.481 e. The Balaban J connectivity index is 1.66. The molecule has 7 heteroatoms.